The van der Waals surface area contributed by atoms with E-state index < -0.39 is 0 Å². The van der Waals surface area contributed by atoms with Crippen molar-refractivity contribution in [2.45, 2.75) is 13.5 Å². The van der Waals surface area contributed by atoms with Gasteiger partial charge in [-0.3, -0.25) is 14.2 Å². The Kier molecular flexibility index (Phi) is 5.43. The highest BCUT2D eigenvalue weighted by atomic mass is 32.1. The molecule has 0 radical (unpaired) electrons. The zero-order valence-electron chi connectivity index (χ0n) is 14.4. The molecule has 0 saturated heterocycles. The summed E-state index contributed by atoms with van der Waals surface area (Å²) in [6.45, 7) is 2.50. The Balaban J connectivity index is 1.62. The van der Waals surface area contributed by atoms with Crippen LogP contribution in [0.3, 0.4) is 0 Å². The second kappa shape index (κ2) is 7.92. The van der Waals surface area contributed by atoms with Crippen molar-refractivity contribution >= 4 is 17.2 Å². The van der Waals surface area contributed by atoms with Gasteiger partial charge in [-0.1, -0.05) is 0 Å². The first kappa shape index (κ1) is 17.8. The molecule has 1 aromatic carbocycles. The number of carbonyl (C=O) groups is 1. The third-order valence-electron chi connectivity index (χ3n) is 3.76. The number of rotatable bonds is 6. The first-order valence-electron chi connectivity index (χ1n) is 7.98. The summed E-state index contributed by atoms with van der Waals surface area (Å²) >= 11 is 1.42. The van der Waals surface area contributed by atoms with E-state index in [9.17, 15) is 9.59 Å². The molecule has 134 valence electrons. The molecular formula is C18H18N4O3S. The molecule has 0 aliphatic heterocycles. The number of aromatic nitrogens is 3. The van der Waals surface area contributed by atoms with Gasteiger partial charge in [0.25, 0.3) is 11.5 Å². The minimum Gasteiger partial charge on any atom is -0.497 e. The van der Waals surface area contributed by atoms with E-state index in [0.29, 0.717) is 24.5 Å². The number of hydrogen-bond donors (Lipinski definition) is 1. The van der Waals surface area contributed by atoms with Crippen LogP contribution < -0.4 is 15.6 Å². The lowest BCUT2D eigenvalue weighted by Crippen LogP contribution is -2.31. The lowest BCUT2D eigenvalue weighted by Gasteiger charge is -2.08. The van der Waals surface area contributed by atoms with Crippen LogP contribution in [-0.2, 0) is 6.54 Å². The van der Waals surface area contributed by atoms with Gasteiger partial charge in [-0.05, 0) is 31.2 Å². The highest BCUT2D eigenvalue weighted by molar-refractivity contribution is 7.09. The number of aryl methyl sites for hydroxylation is 1. The molecule has 2 aromatic heterocycles. The second-order valence-electron chi connectivity index (χ2n) is 5.54. The largest absolute Gasteiger partial charge is 0.497 e. The molecule has 26 heavy (non-hydrogen) atoms. The van der Waals surface area contributed by atoms with E-state index in [0.717, 1.165) is 16.3 Å². The maximum Gasteiger partial charge on any atom is 0.270 e. The monoisotopic (exact) mass is 370 g/mol. The van der Waals surface area contributed by atoms with Gasteiger partial charge >= 0.3 is 0 Å². The van der Waals surface area contributed by atoms with Gasteiger partial charge < -0.3 is 10.1 Å². The quantitative estimate of drug-likeness (QED) is 0.718. The molecule has 3 aromatic rings. The van der Waals surface area contributed by atoms with Crippen molar-refractivity contribution in [3.05, 3.63) is 63.1 Å². The Labute approximate surface area is 154 Å². The molecule has 0 aliphatic carbocycles. The van der Waals surface area contributed by atoms with Gasteiger partial charge in [0.05, 0.1) is 24.1 Å². The standard InChI is InChI=1S/C18H18N4O3S/c1-12-21-16(10-26-12)18(24)19-7-8-22-11-20-15(9-17(22)23)13-3-5-14(25-2)6-4-13/h3-6,9-11H,7-8H2,1-2H3,(H,19,24). The van der Waals surface area contributed by atoms with Gasteiger partial charge in [-0.15, -0.1) is 11.3 Å². The molecule has 2 heterocycles. The van der Waals surface area contributed by atoms with Gasteiger partial charge in [-0.25, -0.2) is 9.97 Å². The molecule has 3 rings (SSSR count). The SMILES string of the molecule is COc1ccc(-c2cc(=O)n(CCNC(=O)c3csc(C)n3)cn2)cc1. The summed E-state index contributed by atoms with van der Waals surface area (Å²) in [6, 6.07) is 8.81. The van der Waals surface area contributed by atoms with Gasteiger partial charge in [-0.2, -0.15) is 0 Å². The molecule has 0 saturated carbocycles. The maximum absolute atomic E-state index is 12.3. The zero-order chi connectivity index (χ0) is 18.5. The van der Waals surface area contributed by atoms with Gasteiger partial charge in [0.1, 0.15) is 11.4 Å². The molecule has 8 heteroatoms. The Morgan fingerprint density at radius 3 is 2.69 bits per heavy atom. The summed E-state index contributed by atoms with van der Waals surface area (Å²) in [4.78, 5) is 32.7. The first-order valence-corrected chi connectivity index (χ1v) is 8.86. The van der Waals surface area contributed by atoms with Crippen molar-refractivity contribution in [1.29, 1.82) is 0 Å². The number of carbonyl (C=O) groups excluding carboxylic acids is 1. The third-order valence-corrected chi connectivity index (χ3v) is 4.53. The molecule has 7 nitrogen and oxygen atoms in total. The summed E-state index contributed by atoms with van der Waals surface area (Å²) in [5.41, 5.74) is 1.65. The van der Waals surface area contributed by atoms with Crippen molar-refractivity contribution < 1.29 is 9.53 Å². The van der Waals surface area contributed by atoms with Crippen LogP contribution in [0.4, 0.5) is 0 Å². The van der Waals surface area contributed by atoms with E-state index in [1.54, 1.807) is 12.5 Å². The Bertz CT molecular complexity index is 963. The van der Waals surface area contributed by atoms with E-state index in [1.165, 1.54) is 28.3 Å². The normalized spacial score (nSPS) is 10.5. The number of amides is 1. The van der Waals surface area contributed by atoms with E-state index in [4.69, 9.17) is 4.74 Å². The second-order valence-corrected chi connectivity index (χ2v) is 6.60. The van der Waals surface area contributed by atoms with Gasteiger partial charge in [0.2, 0.25) is 0 Å². The van der Waals surface area contributed by atoms with Crippen LogP contribution in [0.1, 0.15) is 15.5 Å². The maximum atomic E-state index is 12.3. The number of nitrogens with one attached hydrogen (secondary N) is 1. The van der Waals surface area contributed by atoms with Gasteiger partial charge in [0.15, 0.2) is 0 Å². The lowest BCUT2D eigenvalue weighted by molar-refractivity contribution is 0.0947. The minimum absolute atomic E-state index is 0.176. The van der Waals surface area contributed by atoms with Crippen LogP contribution in [0, 0.1) is 6.92 Å². The fraction of sp³-hybridized carbons (Fsp3) is 0.222. The van der Waals surface area contributed by atoms with Crippen LogP contribution in [0.15, 0.2) is 46.8 Å². The molecule has 0 unspecified atom stereocenters. The highest BCUT2D eigenvalue weighted by Crippen LogP contribution is 2.19. The van der Waals surface area contributed by atoms with Crippen molar-refractivity contribution in [3.8, 4) is 17.0 Å². The predicted octanol–water partition coefficient (Wildman–Crippen LogP) is 2.11. The van der Waals surface area contributed by atoms with Gasteiger partial charge in [0, 0.05) is 30.1 Å². The minimum atomic E-state index is -0.245. The molecule has 0 fully saturated rings. The van der Waals surface area contributed by atoms with E-state index >= 15 is 0 Å². The molecule has 0 spiro atoms. The van der Waals surface area contributed by atoms with Crippen LogP contribution >= 0.6 is 11.3 Å². The Morgan fingerprint density at radius 1 is 1.31 bits per heavy atom. The Morgan fingerprint density at radius 2 is 2.08 bits per heavy atom. The van der Waals surface area contributed by atoms with Crippen LogP contribution in [0.25, 0.3) is 11.3 Å². The fourth-order valence-electron chi connectivity index (χ4n) is 2.36. The summed E-state index contributed by atoms with van der Waals surface area (Å²) < 4.78 is 6.58. The van der Waals surface area contributed by atoms with E-state index in [1.807, 2.05) is 31.2 Å². The van der Waals surface area contributed by atoms with Crippen LogP contribution in [0.5, 0.6) is 5.75 Å². The van der Waals surface area contributed by atoms with Crippen LogP contribution in [0.2, 0.25) is 0 Å². The smallest absolute Gasteiger partial charge is 0.270 e. The molecule has 0 aliphatic rings. The lowest BCUT2D eigenvalue weighted by atomic mass is 10.1. The number of methoxy groups -OCH3 is 1. The Hall–Kier alpha value is -3.00. The van der Waals surface area contributed by atoms with Crippen molar-refractivity contribution in [3.63, 3.8) is 0 Å². The van der Waals surface area contributed by atoms with Crippen molar-refractivity contribution in [2.75, 3.05) is 13.7 Å². The summed E-state index contributed by atoms with van der Waals surface area (Å²) in [6.07, 6.45) is 1.49. The number of hydrogen-bond acceptors (Lipinski definition) is 6. The number of benzene rings is 1. The summed E-state index contributed by atoms with van der Waals surface area (Å²) in [7, 11) is 1.60. The van der Waals surface area contributed by atoms with E-state index in [-0.39, 0.29) is 11.5 Å². The summed E-state index contributed by atoms with van der Waals surface area (Å²) in [5.74, 6) is 0.498. The first-order chi connectivity index (χ1) is 12.6. The topological polar surface area (TPSA) is 86.1 Å². The summed E-state index contributed by atoms with van der Waals surface area (Å²) in [5, 5.41) is 5.30. The average Bonchev–Trinajstić information content (AvgIpc) is 3.09. The highest BCUT2D eigenvalue weighted by Gasteiger charge is 2.09. The van der Waals surface area contributed by atoms with E-state index in [2.05, 4.69) is 15.3 Å². The number of thiazole rings is 1. The molecule has 0 bridgehead atoms. The molecular weight excluding hydrogens is 352 g/mol. The zero-order valence-corrected chi connectivity index (χ0v) is 15.2. The predicted molar refractivity (Wildman–Crippen MR) is 99.7 cm³/mol. The molecule has 1 N–H and O–H groups in total. The van der Waals surface area contributed by atoms with Crippen molar-refractivity contribution in [2.24, 2.45) is 0 Å². The van der Waals surface area contributed by atoms with Crippen LogP contribution in [-0.4, -0.2) is 34.1 Å². The number of nitrogens with zero attached hydrogens (tertiary/aromatic N) is 3. The number of ether oxygens (including phenoxy) is 1. The average molecular weight is 370 g/mol. The molecule has 1 amide bonds. The third kappa shape index (κ3) is 4.15. The fourth-order valence-corrected chi connectivity index (χ4v) is 2.95. The van der Waals surface area contributed by atoms with Crippen molar-refractivity contribution in [1.82, 2.24) is 19.9 Å². The molecule has 0 atom stereocenters.